The second-order valence-corrected chi connectivity index (χ2v) is 7.29. The molecular formula is C21H23ClN2O2. The number of methoxy groups -OCH3 is 2. The number of fused-ring (bicyclic) bond motifs is 3. The van der Waals surface area contributed by atoms with Crippen LogP contribution in [0.3, 0.4) is 0 Å². The fraction of sp³-hybridized carbons (Fsp3) is 0.333. The third-order valence-electron chi connectivity index (χ3n) is 5.20. The van der Waals surface area contributed by atoms with Gasteiger partial charge in [-0.25, -0.2) is 0 Å². The predicted octanol–water partition coefficient (Wildman–Crippen LogP) is 4.69. The number of nitrogens with one attached hydrogen (secondary N) is 2. The lowest BCUT2D eigenvalue weighted by Crippen LogP contribution is -2.30. The molecule has 0 spiro atoms. The largest absolute Gasteiger partial charge is 0.496 e. The Morgan fingerprint density at radius 3 is 2.54 bits per heavy atom. The van der Waals surface area contributed by atoms with E-state index in [1.807, 2.05) is 12.1 Å². The molecule has 1 aliphatic rings. The molecule has 0 radical (unpaired) electrons. The molecule has 0 fully saturated rings. The molecule has 2 heterocycles. The van der Waals surface area contributed by atoms with E-state index in [0.717, 1.165) is 24.3 Å². The summed E-state index contributed by atoms with van der Waals surface area (Å²) >= 11 is 6.41. The fourth-order valence-corrected chi connectivity index (χ4v) is 4.40. The summed E-state index contributed by atoms with van der Waals surface area (Å²) in [6, 6.07) is 8.26. The second kappa shape index (κ2) is 6.53. The zero-order valence-corrected chi connectivity index (χ0v) is 16.3. The van der Waals surface area contributed by atoms with Crippen LogP contribution in [0.4, 0.5) is 0 Å². The fourth-order valence-electron chi connectivity index (χ4n) is 4.15. The number of halogens is 1. The van der Waals surface area contributed by atoms with Crippen LogP contribution in [0.2, 0.25) is 5.02 Å². The van der Waals surface area contributed by atoms with Gasteiger partial charge in [-0.2, -0.15) is 0 Å². The summed E-state index contributed by atoms with van der Waals surface area (Å²) in [5.41, 5.74) is 7.37. The van der Waals surface area contributed by atoms with E-state index in [-0.39, 0.29) is 6.04 Å². The Bertz CT molecular complexity index is 994. The van der Waals surface area contributed by atoms with Crippen LogP contribution >= 0.6 is 11.6 Å². The first kappa shape index (κ1) is 17.3. The topological polar surface area (TPSA) is 46.3 Å². The van der Waals surface area contributed by atoms with Crippen molar-refractivity contribution in [2.75, 3.05) is 20.8 Å². The van der Waals surface area contributed by atoms with E-state index >= 15 is 0 Å². The molecule has 4 nitrogen and oxygen atoms in total. The Hall–Kier alpha value is -2.17. The Morgan fingerprint density at radius 1 is 1.04 bits per heavy atom. The van der Waals surface area contributed by atoms with E-state index in [2.05, 4.69) is 36.3 Å². The quantitative estimate of drug-likeness (QED) is 0.703. The van der Waals surface area contributed by atoms with Crippen molar-refractivity contribution < 1.29 is 9.47 Å². The maximum Gasteiger partial charge on any atom is 0.141 e. The summed E-state index contributed by atoms with van der Waals surface area (Å²) < 4.78 is 11.0. The van der Waals surface area contributed by atoms with E-state index in [9.17, 15) is 0 Å². The van der Waals surface area contributed by atoms with Gasteiger partial charge in [0.05, 0.1) is 25.3 Å². The van der Waals surface area contributed by atoms with Crippen molar-refractivity contribution in [1.29, 1.82) is 0 Å². The Kier molecular flexibility index (Phi) is 4.33. The molecule has 1 aliphatic heterocycles. The van der Waals surface area contributed by atoms with Crippen LogP contribution in [0, 0.1) is 13.8 Å². The van der Waals surface area contributed by atoms with Gasteiger partial charge in [-0.1, -0.05) is 17.7 Å². The maximum atomic E-state index is 6.41. The van der Waals surface area contributed by atoms with Crippen LogP contribution in [0.25, 0.3) is 10.9 Å². The van der Waals surface area contributed by atoms with Gasteiger partial charge in [0.25, 0.3) is 0 Å². The molecule has 0 amide bonds. The first-order chi connectivity index (χ1) is 12.5. The molecule has 4 rings (SSSR count). The molecule has 0 bridgehead atoms. The van der Waals surface area contributed by atoms with Gasteiger partial charge in [-0.3, -0.25) is 0 Å². The van der Waals surface area contributed by atoms with Gasteiger partial charge in [0.15, 0.2) is 0 Å². The van der Waals surface area contributed by atoms with Crippen molar-refractivity contribution in [3.63, 3.8) is 0 Å². The smallest absolute Gasteiger partial charge is 0.141 e. The minimum atomic E-state index is 0.00390. The highest BCUT2D eigenvalue weighted by molar-refractivity contribution is 6.32. The molecule has 1 unspecified atom stereocenters. The average molecular weight is 371 g/mol. The molecule has 0 saturated carbocycles. The Morgan fingerprint density at radius 2 is 1.81 bits per heavy atom. The lowest BCUT2D eigenvalue weighted by Gasteiger charge is -2.27. The number of benzene rings is 2. The van der Waals surface area contributed by atoms with E-state index in [1.165, 1.54) is 33.3 Å². The number of H-pyrrole nitrogens is 1. The summed E-state index contributed by atoms with van der Waals surface area (Å²) in [5, 5.41) is 5.54. The summed E-state index contributed by atoms with van der Waals surface area (Å²) in [5.74, 6) is 1.38. The number of aromatic amines is 1. The summed E-state index contributed by atoms with van der Waals surface area (Å²) in [6.07, 6.45) is 1.00. The van der Waals surface area contributed by atoms with Crippen molar-refractivity contribution >= 4 is 22.5 Å². The first-order valence-corrected chi connectivity index (χ1v) is 9.17. The van der Waals surface area contributed by atoms with Crippen LogP contribution < -0.4 is 14.8 Å². The van der Waals surface area contributed by atoms with E-state index in [0.29, 0.717) is 10.8 Å². The van der Waals surface area contributed by atoms with Crippen molar-refractivity contribution in [3.8, 4) is 11.5 Å². The third kappa shape index (κ3) is 2.65. The lowest BCUT2D eigenvalue weighted by molar-refractivity contribution is 0.386. The highest BCUT2D eigenvalue weighted by Gasteiger charge is 2.29. The summed E-state index contributed by atoms with van der Waals surface area (Å²) in [4.78, 5) is 3.65. The summed E-state index contributed by atoms with van der Waals surface area (Å²) in [7, 11) is 3.29. The van der Waals surface area contributed by atoms with Crippen LogP contribution in [0.15, 0.2) is 24.3 Å². The molecule has 3 aromatic rings. The predicted molar refractivity (Wildman–Crippen MR) is 106 cm³/mol. The average Bonchev–Trinajstić information content (AvgIpc) is 2.99. The number of hydrogen-bond acceptors (Lipinski definition) is 3. The minimum absolute atomic E-state index is 0.00390. The van der Waals surface area contributed by atoms with Gasteiger partial charge < -0.3 is 19.8 Å². The molecule has 1 atom stereocenters. The van der Waals surface area contributed by atoms with Gasteiger partial charge in [-0.15, -0.1) is 0 Å². The van der Waals surface area contributed by atoms with Crippen molar-refractivity contribution in [2.45, 2.75) is 26.3 Å². The molecule has 1 aromatic heterocycles. The standard InChI is InChI=1S/C21H23ClN2O2/c1-11-7-12(2)19-13-5-6-23-20(21(13)24-16(19)8-11)14-9-15(22)18(26-4)10-17(14)25-3/h7-10,20,23-24H,5-6H2,1-4H3. The number of aromatic nitrogens is 1. The van der Waals surface area contributed by atoms with Gasteiger partial charge in [0, 0.05) is 34.8 Å². The third-order valence-corrected chi connectivity index (χ3v) is 5.50. The number of rotatable bonds is 3. The molecule has 136 valence electrons. The van der Waals surface area contributed by atoms with E-state index in [1.54, 1.807) is 14.2 Å². The molecule has 5 heteroatoms. The monoisotopic (exact) mass is 370 g/mol. The van der Waals surface area contributed by atoms with Crippen molar-refractivity contribution in [2.24, 2.45) is 0 Å². The second-order valence-electron chi connectivity index (χ2n) is 6.89. The van der Waals surface area contributed by atoms with Gasteiger partial charge in [-0.05, 0) is 49.1 Å². The Labute approximate surface area is 158 Å². The SMILES string of the molecule is COc1cc(OC)c(C2NCCc3c2[nH]c2cc(C)cc(C)c32)cc1Cl. The highest BCUT2D eigenvalue weighted by Crippen LogP contribution is 2.41. The number of ether oxygens (including phenoxy) is 2. The molecular weight excluding hydrogens is 348 g/mol. The number of hydrogen-bond donors (Lipinski definition) is 2. The maximum absolute atomic E-state index is 6.41. The van der Waals surface area contributed by atoms with E-state index < -0.39 is 0 Å². The lowest BCUT2D eigenvalue weighted by atomic mass is 9.92. The van der Waals surface area contributed by atoms with Crippen LogP contribution in [-0.2, 0) is 6.42 Å². The van der Waals surface area contributed by atoms with Crippen LogP contribution in [-0.4, -0.2) is 25.7 Å². The molecule has 0 saturated heterocycles. The van der Waals surface area contributed by atoms with Gasteiger partial charge in [0.2, 0.25) is 0 Å². The van der Waals surface area contributed by atoms with E-state index in [4.69, 9.17) is 21.1 Å². The number of aryl methyl sites for hydroxylation is 2. The summed E-state index contributed by atoms with van der Waals surface area (Å²) in [6.45, 7) is 5.23. The van der Waals surface area contributed by atoms with Crippen LogP contribution in [0.5, 0.6) is 11.5 Å². The molecule has 0 aliphatic carbocycles. The normalized spacial score (nSPS) is 16.6. The van der Waals surface area contributed by atoms with Gasteiger partial charge in [0.1, 0.15) is 11.5 Å². The minimum Gasteiger partial charge on any atom is -0.496 e. The highest BCUT2D eigenvalue weighted by atomic mass is 35.5. The molecule has 2 aromatic carbocycles. The molecule has 26 heavy (non-hydrogen) atoms. The van der Waals surface area contributed by atoms with Gasteiger partial charge >= 0.3 is 0 Å². The molecule has 2 N–H and O–H groups in total. The first-order valence-electron chi connectivity index (χ1n) is 8.80. The van der Waals surface area contributed by atoms with Crippen molar-refractivity contribution in [1.82, 2.24) is 10.3 Å². The Balaban J connectivity index is 1.92. The van der Waals surface area contributed by atoms with Crippen molar-refractivity contribution in [3.05, 3.63) is 57.2 Å². The van der Waals surface area contributed by atoms with Crippen LogP contribution in [0.1, 0.15) is 34.0 Å². The zero-order valence-electron chi connectivity index (χ0n) is 15.5. The zero-order chi connectivity index (χ0) is 18.4.